The highest BCUT2D eigenvalue weighted by molar-refractivity contribution is 7.70. The number of rotatable bonds is 7. The number of hydrogen-bond acceptors (Lipinski definition) is 8. The van der Waals surface area contributed by atoms with Crippen LogP contribution in [0.4, 0.5) is 28.8 Å². The van der Waals surface area contributed by atoms with Crippen molar-refractivity contribution in [3.05, 3.63) is 53.2 Å². The minimum atomic E-state index is -2.51. The summed E-state index contributed by atoms with van der Waals surface area (Å²) in [7, 11) is -0.904. The van der Waals surface area contributed by atoms with Crippen LogP contribution in [0.1, 0.15) is 18.4 Å². The summed E-state index contributed by atoms with van der Waals surface area (Å²) in [5, 5.41) is 7.49. The van der Waals surface area contributed by atoms with E-state index >= 15 is 0 Å². The molecule has 8 nitrogen and oxygen atoms in total. The van der Waals surface area contributed by atoms with Crippen LogP contribution in [0.3, 0.4) is 0 Å². The number of methoxy groups -OCH3 is 1. The predicted octanol–water partition coefficient (Wildman–Crippen LogP) is 5.35. The molecule has 4 rings (SSSR count). The Morgan fingerprint density at radius 1 is 1.09 bits per heavy atom. The van der Waals surface area contributed by atoms with Gasteiger partial charge in [0.15, 0.2) is 5.82 Å². The molecule has 2 N–H and O–H groups in total. The van der Waals surface area contributed by atoms with Gasteiger partial charge in [0.1, 0.15) is 23.7 Å². The van der Waals surface area contributed by atoms with E-state index < -0.39 is 7.14 Å². The van der Waals surface area contributed by atoms with Gasteiger partial charge in [0.2, 0.25) is 5.95 Å². The normalized spacial score (nSPS) is 14.1. The molecule has 1 aromatic heterocycles. The maximum atomic E-state index is 12.7. The molecule has 1 saturated heterocycles. The number of hydrogen-bond donors (Lipinski definition) is 2. The summed E-state index contributed by atoms with van der Waals surface area (Å²) < 4.78 is 18.4. The van der Waals surface area contributed by atoms with Crippen molar-refractivity contribution in [1.82, 2.24) is 9.97 Å². The minimum absolute atomic E-state index is 0.303. The van der Waals surface area contributed by atoms with Crippen molar-refractivity contribution in [1.29, 1.82) is 0 Å². The lowest BCUT2D eigenvalue weighted by Gasteiger charge is -2.30. The van der Waals surface area contributed by atoms with Crippen LogP contribution in [0.2, 0.25) is 5.02 Å². The molecule has 0 amide bonds. The number of para-hydroxylation sites is 1. The number of ether oxygens (including phenoxy) is 1. The molecule has 2 aromatic carbocycles. The molecule has 3 aromatic rings. The van der Waals surface area contributed by atoms with Gasteiger partial charge in [-0.15, -0.1) is 0 Å². The quantitative estimate of drug-likeness (QED) is 0.408. The Hall–Kier alpha value is -3.09. The standard InChI is InChI=1S/C25H29ClN5O3P/c1-16-13-20(22(34-2)14-21(16)31-11-9-17(32)10-12-31)29-25-27-15-18(26)24(30-25)28-19-7-5-6-8-23(19)35(3,4)33/h5-8,13-15H,9-12H2,1-4H3,(H2,27,28,29,30). The third-order valence-electron chi connectivity index (χ3n) is 5.91. The molecule has 10 heteroatoms. The van der Waals surface area contributed by atoms with E-state index in [4.69, 9.17) is 16.3 Å². The van der Waals surface area contributed by atoms with E-state index in [0.717, 1.165) is 16.6 Å². The Labute approximate surface area is 210 Å². The van der Waals surface area contributed by atoms with Gasteiger partial charge in [-0.25, -0.2) is 4.98 Å². The molecule has 1 fully saturated rings. The molecule has 2 heterocycles. The smallest absolute Gasteiger partial charge is 0.229 e. The number of nitrogens with one attached hydrogen (secondary N) is 2. The van der Waals surface area contributed by atoms with Crippen LogP contribution in [-0.4, -0.2) is 49.3 Å². The van der Waals surface area contributed by atoms with Crippen molar-refractivity contribution in [2.24, 2.45) is 0 Å². The van der Waals surface area contributed by atoms with Crippen molar-refractivity contribution in [2.45, 2.75) is 19.8 Å². The molecule has 35 heavy (non-hydrogen) atoms. The summed E-state index contributed by atoms with van der Waals surface area (Å²) >= 11 is 6.38. The van der Waals surface area contributed by atoms with E-state index in [1.807, 2.05) is 43.3 Å². The average Bonchev–Trinajstić information content (AvgIpc) is 2.82. The molecule has 0 radical (unpaired) electrons. The van der Waals surface area contributed by atoms with Crippen molar-refractivity contribution in [2.75, 3.05) is 49.1 Å². The van der Waals surface area contributed by atoms with E-state index in [0.29, 0.717) is 65.6 Å². The monoisotopic (exact) mass is 513 g/mol. The number of ketones is 1. The SMILES string of the molecule is COc1cc(N2CCC(=O)CC2)c(C)cc1Nc1ncc(Cl)c(Nc2ccccc2P(C)(C)=O)n1. The molecule has 1 aliphatic heterocycles. The molecular formula is C25H29ClN5O3P. The zero-order chi connectivity index (χ0) is 25.2. The molecule has 0 saturated carbocycles. The van der Waals surface area contributed by atoms with Gasteiger partial charge in [0.05, 0.1) is 24.7 Å². The fraction of sp³-hybridized carbons (Fsp3) is 0.320. The maximum Gasteiger partial charge on any atom is 0.229 e. The topological polar surface area (TPSA) is 96.5 Å². The first-order valence-corrected chi connectivity index (χ1v) is 14.3. The summed E-state index contributed by atoms with van der Waals surface area (Å²) in [5.41, 5.74) is 3.48. The highest BCUT2D eigenvalue weighted by Gasteiger charge is 2.21. The van der Waals surface area contributed by atoms with Gasteiger partial charge in [-0.2, -0.15) is 4.98 Å². The van der Waals surface area contributed by atoms with Crippen molar-refractivity contribution >= 4 is 58.7 Å². The summed E-state index contributed by atoms with van der Waals surface area (Å²) in [5.74, 6) is 1.67. The van der Waals surface area contributed by atoms with Crippen LogP contribution in [0.25, 0.3) is 0 Å². The second-order valence-corrected chi connectivity index (χ2v) is 12.5. The summed E-state index contributed by atoms with van der Waals surface area (Å²) in [6, 6.07) is 11.4. The number of aromatic nitrogens is 2. The zero-order valence-electron chi connectivity index (χ0n) is 20.3. The first-order valence-electron chi connectivity index (χ1n) is 11.3. The lowest BCUT2D eigenvalue weighted by atomic mass is 10.1. The summed E-state index contributed by atoms with van der Waals surface area (Å²) in [4.78, 5) is 22.7. The van der Waals surface area contributed by atoms with Crippen LogP contribution in [-0.2, 0) is 9.36 Å². The fourth-order valence-corrected chi connectivity index (χ4v) is 5.39. The molecule has 0 bridgehead atoms. The van der Waals surface area contributed by atoms with Gasteiger partial charge < -0.3 is 24.8 Å². The predicted molar refractivity (Wildman–Crippen MR) is 143 cm³/mol. The largest absolute Gasteiger partial charge is 0.494 e. The highest BCUT2D eigenvalue weighted by atomic mass is 35.5. The number of carbonyl (C=O) groups excluding carboxylic acids is 1. The average molecular weight is 514 g/mol. The first-order chi connectivity index (χ1) is 16.7. The van der Waals surface area contributed by atoms with Crippen LogP contribution in [0, 0.1) is 6.92 Å². The Kier molecular flexibility index (Phi) is 7.33. The highest BCUT2D eigenvalue weighted by Crippen LogP contribution is 2.39. The Morgan fingerprint density at radius 3 is 2.49 bits per heavy atom. The van der Waals surface area contributed by atoms with Gasteiger partial charge in [-0.05, 0) is 44.0 Å². The van der Waals surface area contributed by atoms with Crippen molar-refractivity contribution < 1.29 is 14.1 Å². The maximum absolute atomic E-state index is 12.7. The molecular weight excluding hydrogens is 485 g/mol. The zero-order valence-corrected chi connectivity index (χ0v) is 21.9. The van der Waals surface area contributed by atoms with Gasteiger partial charge in [-0.1, -0.05) is 23.7 Å². The van der Waals surface area contributed by atoms with E-state index in [9.17, 15) is 9.36 Å². The minimum Gasteiger partial charge on any atom is -0.494 e. The Bertz CT molecular complexity index is 1300. The lowest BCUT2D eigenvalue weighted by Crippen LogP contribution is -2.34. The summed E-state index contributed by atoms with van der Waals surface area (Å²) in [6.45, 7) is 6.88. The van der Waals surface area contributed by atoms with E-state index in [1.165, 1.54) is 6.20 Å². The second kappa shape index (κ2) is 10.3. The van der Waals surface area contributed by atoms with Gasteiger partial charge in [0, 0.05) is 43.0 Å². The molecule has 0 atom stereocenters. The third kappa shape index (κ3) is 5.77. The molecule has 0 unspecified atom stereocenters. The first kappa shape index (κ1) is 25.0. The Morgan fingerprint density at radius 2 is 1.80 bits per heavy atom. The van der Waals surface area contributed by atoms with Crippen LogP contribution in [0.15, 0.2) is 42.6 Å². The number of carbonyl (C=O) groups is 1. The fourth-order valence-electron chi connectivity index (χ4n) is 4.09. The Balaban J connectivity index is 1.61. The van der Waals surface area contributed by atoms with E-state index in [1.54, 1.807) is 20.4 Å². The molecule has 0 aliphatic carbocycles. The lowest BCUT2D eigenvalue weighted by molar-refractivity contribution is -0.119. The second-order valence-electron chi connectivity index (χ2n) is 8.87. The molecule has 0 spiro atoms. The van der Waals surface area contributed by atoms with Crippen molar-refractivity contribution in [3.63, 3.8) is 0 Å². The van der Waals surface area contributed by atoms with Gasteiger partial charge in [0.25, 0.3) is 0 Å². The van der Waals surface area contributed by atoms with Crippen LogP contribution in [0.5, 0.6) is 5.75 Å². The van der Waals surface area contributed by atoms with E-state index in [2.05, 4.69) is 25.5 Å². The molecule has 1 aliphatic rings. The number of aryl methyl sites for hydroxylation is 1. The van der Waals surface area contributed by atoms with Crippen molar-refractivity contribution in [3.8, 4) is 5.75 Å². The van der Waals surface area contributed by atoms with Gasteiger partial charge in [-0.3, -0.25) is 4.79 Å². The number of halogens is 1. The molecule has 184 valence electrons. The number of benzene rings is 2. The number of Topliss-reactive ketones (excluding diaryl/α,β-unsaturated/α-hetero) is 1. The third-order valence-corrected chi connectivity index (χ3v) is 7.73. The number of nitrogens with zero attached hydrogens (tertiary/aromatic N) is 3. The van der Waals surface area contributed by atoms with Crippen LogP contribution >= 0.6 is 18.7 Å². The van der Waals surface area contributed by atoms with Crippen LogP contribution < -0.4 is 25.6 Å². The number of anilines is 5. The summed E-state index contributed by atoms with van der Waals surface area (Å²) in [6.07, 6.45) is 2.63. The van der Waals surface area contributed by atoms with Gasteiger partial charge >= 0.3 is 0 Å². The van der Waals surface area contributed by atoms with E-state index in [-0.39, 0.29) is 0 Å². The number of piperidine rings is 1.